The van der Waals surface area contributed by atoms with Crippen LogP contribution in [-0.4, -0.2) is 101 Å². The number of piperidine rings is 1. The van der Waals surface area contributed by atoms with Crippen LogP contribution in [-0.2, 0) is 14.4 Å². The number of hydrogen-bond acceptors (Lipinski definition) is 11. The molecule has 1 aliphatic carbocycles. The first-order chi connectivity index (χ1) is 28.1. The van der Waals surface area contributed by atoms with Crippen molar-refractivity contribution in [2.45, 2.75) is 78.0 Å². The number of piperazine rings is 1. The van der Waals surface area contributed by atoms with Gasteiger partial charge in [0.1, 0.15) is 35.5 Å². The van der Waals surface area contributed by atoms with Gasteiger partial charge in [-0.15, -0.1) is 0 Å². The lowest BCUT2D eigenvalue weighted by Gasteiger charge is -2.63. The van der Waals surface area contributed by atoms with Gasteiger partial charge in [-0.1, -0.05) is 39.3 Å². The number of carbonyl (C=O) groups excluding carboxylic acids is 6. The number of aromatic nitrogens is 1. The monoisotopic (exact) mass is 823 g/mol. The number of fused-ring (bicyclic) bond motifs is 1. The highest BCUT2D eigenvalue weighted by molar-refractivity contribution is 6.31. The molecule has 0 bridgehead atoms. The zero-order valence-corrected chi connectivity index (χ0v) is 34.1. The SMILES string of the molecule is CC1(C)C(NC(=O)c2ccc(N3CCN(CCCCCOc4ccc5c(c4)C(=O)N(C4CCC(=O)NC4=O)C5=O)CC3=O)nc2)C(C)(C)C1Oc1ccc(C#N)c(Cl)c1. The van der Waals surface area contributed by atoms with Crippen molar-refractivity contribution in [1.29, 1.82) is 5.26 Å². The number of hydrogen-bond donors (Lipinski definition) is 2. The van der Waals surface area contributed by atoms with Gasteiger partial charge in [0.25, 0.3) is 17.7 Å². The van der Waals surface area contributed by atoms with Crippen molar-refractivity contribution >= 4 is 52.9 Å². The number of pyridine rings is 1. The Morgan fingerprint density at radius 1 is 0.949 bits per heavy atom. The number of imide groups is 2. The summed E-state index contributed by atoms with van der Waals surface area (Å²) in [4.78, 5) is 85.6. The first kappa shape index (κ1) is 41.3. The summed E-state index contributed by atoms with van der Waals surface area (Å²) in [5.74, 6) is -1.08. The first-order valence-electron chi connectivity index (χ1n) is 19.7. The molecule has 4 heterocycles. The van der Waals surface area contributed by atoms with Gasteiger partial charge in [0.2, 0.25) is 17.7 Å². The predicted octanol–water partition coefficient (Wildman–Crippen LogP) is 4.52. The minimum Gasteiger partial charge on any atom is -0.494 e. The van der Waals surface area contributed by atoms with E-state index in [0.717, 1.165) is 30.7 Å². The Morgan fingerprint density at radius 2 is 1.69 bits per heavy atom. The van der Waals surface area contributed by atoms with E-state index in [1.807, 2.05) is 33.8 Å². The quantitative estimate of drug-likeness (QED) is 0.182. The van der Waals surface area contributed by atoms with Crippen LogP contribution in [0.25, 0.3) is 0 Å². The third-order valence-corrected chi connectivity index (χ3v) is 12.1. The van der Waals surface area contributed by atoms with Crippen LogP contribution in [0.4, 0.5) is 5.82 Å². The summed E-state index contributed by atoms with van der Waals surface area (Å²) in [5.41, 5.74) is 0.281. The number of halogens is 1. The number of rotatable bonds is 13. The second-order valence-electron chi connectivity index (χ2n) is 16.6. The molecule has 6 amide bonds. The molecule has 3 aromatic rings. The second kappa shape index (κ2) is 16.4. The molecule has 0 radical (unpaired) electrons. The van der Waals surface area contributed by atoms with E-state index in [1.54, 1.807) is 41.3 Å². The van der Waals surface area contributed by atoms with Crippen LogP contribution in [0.5, 0.6) is 11.5 Å². The lowest BCUT2D eigenvalue weighted by molar-refractivity contribution is -0.164. The van der Waals surface area contributed by atoms with Crippen LogP contribution in [0.15, 0.2) is 54.7 Å². The average molecular weight is 824 g/mol. The van der Waals surface area contributed by atoms with Gasteiger partial charge < -0.3 is 14.8 Å². The van der Waals surface area contributed by atoms with E-state index in [1.165, 1.54) is 18.3 Å². The molecule has 2 saturated heterocycles. The summed E-state index contributed by atoms with van der Waals surface area (Å²) in [5, 5.41) is 14.9. The number of nitrogens with zero attached hydrogens (tertiary/aromatic N) is 5. The summed E-state index contributed by atoms with van der Waals surface area (Å²) in [6.45, 7) is 10.7. The summed E-state index contributed by atoms with van der Waals surface area (Å²) in [6, 6.07) is 13.8. The van der Waals surface area contributed by atoms with E-state index >= 15 is 0 Å². The van der Waals surface area contributed by atoms with Crippen LogP contribution < -0.4 is 25.0 Å². The normalized spacial score (nSPS) is 22.3. The number of nitrogens with one attached hydrogen (secondary N) is 2. The van der Waals surface area contributed by atoms with E-state index in [9.17, 15) is 34.0 Å². The van der Waals surface area contributed by atoms with Crippen molar-refractivity contribution in [1.82, 2.24) is 25.4 Å². The third kappa shape index (κ3) is 8.11. The number of benzene rings is 2. The molecule has 1 saturated carbocycles. The summed E-state index contributed by atoms with van der Waals surface area (Å²) < 4.78 is 12.2. The fourth-order valence-corrected chi connectivity index (χ4v) is 9.20. The molecule has 4 aliphatic rings. The molecule has 3 aliphatic heterocycles. The minimum absolute atomic E-state index is 0.0547. The van der Waals surface area contributed by atoms with E-state index in [4.69, 9.17) is 21.1 Å². The van der Waals surface area contributed by atoms with E-state index in [-0.39, 0.29) is 54.5 Å². The zero-order valence-electron chi connectivity index (χ0n) is 33.4. The molecule has 16 heteroatoms. The van der Waals surface area contributed by atoms with Crippen LogP contribution in [0.3, 0.4) is 0 Å². The summed E-state index contributed by atoms with van der Waals surface area (Å²) >= 11 is 6.22. The average Bonchev–Trinajstić information content (AvgIpc) is 3.45. The molecular weight excluding hydrogens is 778 g/mol. The fourth-order valence-electron chi connectivity index (χ4n) is 8.99. The molecule has 1 atom stereocenters. The highest BCUT2D eigenvalue weighted by Crippen LogP contribution is 2.55. The molecule has 7 rings (SSSR count). The maximum absolute atomic E-state index is 13.4. The molecule has 1 aromatic heterocycles. The number of carbonyl (C=O) groups is 6. The standard InChI is InChI=1S/C43H46ClN7O8/c1-42(2)40(43(3,4)41(42)59-28-10-8-25(22-45)31(44)21-28)48-36(54)26-9-14-33(46-23-26)50-18-17-49(24-35(50)53)16-6-5-7-19-58-27-11-12-29-30(20-27)39(57)51(38(29)56)32-13-15-34(52)47-37(32)55/h8-12,14,20-21,23,32,40-41H,5-7,13,15-19,24H2,1-4H3,(H,48,54)(H,47,52,55). The Bertz CT molecular complexity index is 2240. The van der Waals surface area contributed by atoms with Crippen LogP contribution in [0.1, 0.15) is 96.4 Å². The van der Waals surface area contributed by atoms with E-state index in [2.05, 4.69) is 20.5 Å². The molecule has 3 fully saturated rings. The highest BCUT2D eigenvalue weighted by atomic mass is 35.5. The Kier molecular flexibility index (Phi) is 11.5. The Labute approximate surface area is 347 Å². The van der Waals surface area contributed by atoms with Crippen molar-refractivity contribution in [3.63, 3.8) is 0 Å². The van der Waals surface area contributed by atoms with Gasteiger partial charge in [-0.3, -0.25) is 48.8 Å². The van der Waals surface area contributed by atoms with Crippen molar-refractivity contribution in [2.24, 2.45) is 10.8 Å². The predicted molar refractivity (Wildman–Crippen MR) is 215 cm³/mol. The summed E-state index contributed by atoms with van der Waals surface area (Å²) in [7, 11) is 0. The van der Waals surface area contributed by atoms with Gasteiger partial charge in [-0.05, 0) is 74.7 Å². The topological polar surface area (TPSA) is 191 Å². The molecule has 0 spiro atoms. The minimum atomic E-state index is -1.02. The van der Waals surface area contributed by atoms with Gasteiger partial charge in [0.15, 0.2) is 0 Å². The Balaban J connectivity index is 0.825. The van der Waals surface area contributed by atoms with Gasteiger partial charge in [0.05, 0.1) is 40.4 Å². The molecule has 308 valence electrons. The lowest BCUT2D eigenvalue weighted by atomic mass is 9.49. The molecule has 15 nitrogen and oxygen atoms in total. The van der Waals surface area contributed by atoms with Gasteiger partial charge in [0, 0.05) is 48.6 Å². The van der Waals surface area contributed by atoms with Crippen LogP contribution in [0, 0.1) is 22.2 Å². The van der Waals surface area contributed by atoms with Crippen LogP contribution in [0.2, 0.25) is 5.02 Å². The number of nitriles is 1. The highest BCUT2D eigenvalue weighted by Gasteiger charge is 2.64. The Hall–Kier alpha value is -5.85. The van der Waals surface area contributed by atoms with E-state index in [0.29, 0.717) is 53.2 Å². The zero-order chi connectivity index (χ0) is 42.2. The van der Waals surface area contributed by atoms with Crippen molar-refractivity contribution < 1.29 is 38.2 Å². The van der Waals surface area contributed by atoms with Gasteiger partial charge in [-0.2, -0.15) is 5.26 Å². The van der Waals surface area contributed by atoms with Crippen molar-refractivity contribution in [2.75, 3.05) is 37.7 Å². The number of ether oxygens (including phenoxy) is 2. The smallest absolute Gasteiger partial charge is 0.262 e. The maximum atomic E-state index is 13.4. The summed E-state index contributed by atoms with van der Waals surface area (Å²) in [6.07, 6.45) is 3.84. The Morgan fingerprint density at radius 3 is 2.37 bits per heavy atom. The van der Waals surface area contributed by atoms with Crippen molar-refractivity contribution in [3.05, 3.63) is 82.0 Å². The first-order valence-corrected chi connectivity index (χ1v) is 20.1. The van der Waals surface area contributed by atoms with Gasteiger partial charge in [-0.25, -0.2) is 4.98 Å². The van der Waals surface area contributed by atoms with Crippen LogP contribution >= 0.6 is 11.6 Å². The maximum Gasteiger partial charge on any atom is 0.262 e. The third-order valence-electron chi connectivity index (χ3n) is 11.8. The second-order valence-corrected chi connectivity index (χ2v) is 17.0. The molecular formula is C43H46ClN7O8. The lowest BCUT2D eigenvalue weighted by Crippen LogP contribution is -2.74. The number of anilines is 1. The molecule has 59 heavy (non-hydrogen) atoms. The van der Waals surface area contributed by atoms with Crippen molar-refractivity contribution in [3.8, 4) is 17.6 Å². The fraction of sp³-hybridized carbons (Fsp3) is 0.442. The largest absolute Gasteiger partial charge is 0.494 e. The molecule has 2 aromatic carbocycles. The molecule has 2 N–H and O–H groups in total. The van der Waals surface area contributed by atoms with Gasteiger partial charge >= 0.3 is 0 Å². The number of unbranched alkanes of at least 4 members (excludes halogenated alkanes) is 2. The van der Waals surface area contributed by atoms with E-state index < -0.39 is 40.5 Å². The number of amides is 6. The molecule has 1 unspecified atom stereocenters.